The lowest BCUT2D eigenvalue weighted by atomic mass is 10.2. The fraction of sp³-hybridized carbons (Fsp3) is 0.462. The molecule has 1 aliphatic rings. The van der Waals surface area contributed by atoms with Crippen LogP contribution in [0.1, 0.15) is 12.8 Å². The maximum Gasteiger partial charge on any atom is 0.286 e. The van der Waals surface area contributed by atoms with Crippen molar-refractivity contribution in [3.63, 3.8) is 0 Å². The van der Waals surface area contributed by atoms with Crippen molar-refractivity contribution in [1.29, 1.82) is 0 Å². The van der Waals surface area contributed by atoms with Crippen molar-refractivity contribution >= 4 is 29.3 Å². The standard InChI is InChI=1S/C13H15F2N3O3S/c14-3-4-18-6-7(5-8(15)13(18)21)17-12(20)10-2-1-9(22-10)11(16)19/h5-6,9-10H,1-4H2,(H2,16,19)(H,17,20). The van der Waals surface area contributed by atoms with Gasteiger partial charge in [-0.3, -0.25) is 14.4 Å². The molecule has 9 heteroatoms. The molecule has 0 saturated carbocycles. The Labute approximate surface area is 129 Å². The van der Waals surface area contributed by atoms with Crippen LogP contribution in [-0.2, 0) is 16.1 Å². The zero-order valence-corrected chi connectivity index (χ0v) is 12.4. The van der Waals surface area contributed by atoms with Crippen LogP contribution in [0.25, 0.3) is 0 Å². The van der Waals surface area contributed by atoms with Crippen LogP contribution in [-0.4, -0.2) is 33.6 Å². The molecule has 22 heavy (non-hydrogen) atoms. The van der Waals surface area contributed by atoms with E-state index in [1.165, 1.54) is 6.20 Å². The Kier molecular flexibility index (Phi) is 5.17. The van der Waals surface area contributed by atoms with Crippen LogP contribution in [0.5, 0.6) is 0 Å². The van der Waals surface area contributed by atoms with Crippen LogP contribution in [0.4, 0.5) is 14.5 Å². The van der Waals surface area contributed by atoms with Gasteiger partial charge >= 0.3 is 0 Å². The van der Waals surface area contributed by atoms with Crippen LogP contribution in [0.15, 0.2) is 17.1 Å². The van der Waals surface area contributed by atoms with E-state index in [1.807, 2.05) is 0 Å². The maximum atomic E-state index is 13.5. The van der Waals surface area contributed by atoms with E-state index in [2.05, 4.69) is 5.32 Å². The number of aromatic nitrogens is 1. The second-order valence-electron chi connectivity index (χ2n) is 4.85. The number of alkyl halides is 1. The summed E-state index contributed by atoms with van der Waals surface area (Å²) in [6, 6.07) is 0.889. The minimum absolute atomic E-state index is 0.0682. The van der Waals surface area contributed by atoms with E-state index >= 15 is 0 Å². The third-order valence-electron chi connectivity index (χ3n) is 3.26. The Bertz CT molecular complexity index is 650. The summed E-state index contributed by atoms with van der Waals surface area (Å²) >= 11 is 1.16. The van der Waals surface area contributed by atoms with Crippen LogP contribution in [0.2, 0.25) is 0 Å². The van der Waals surface area contributed by atoms with Gasteiger partial charge in [-0.05, 0) is 12.8 Å². The molecule has 2 heterocycles. The molecule has 2 atom stereocenters. The molecular formula is C13H15F2N3O3S. The van der Waals surface area contributed by atoms with Gasteiger partial charge < -0.3 is 15.6 Å². The second kappa shape index (κ2) is 6.91. The minimum Gasteiger partial charge on any atom is -0.369 e. The molecule has 1 aliphatic heterocycles. The molecule has 0 spiro atoms. The highest BCUT2D eigenvalue weighted by atomic mass is 32.2. The van der Waals surface area contributed by atoms with Crippen molar-refractivity contribution in [3.05, 3.63) is 28.4 Å². The number of anilines is 1. The number of primary amides is 1. The third kappa shape index (κ3) is 3.65. The number of carbonyl (C=O) groups excluding carboxylic acids is 2. The topological polar surface area (TPSA) is 94.2 Å². The Morgan fingerprint density at radius 1 is 1.41 bits per heavy atom. The number of pyridine rings is 1. The number of nitrogens with one attached hydrogen (secondary N) is 1. The van der Waals surface area contributed by atoms with E-state index < -0.39 is 40.4 Å². The number of aryl methyl sites for hydroxylation is 1. The summed E-state index contributed by atoms with van der Waals surface area (Å²) in [5, 5.41) is 1.60. The predicted molar refractivity (Wildman–Crippen MR) is 78.9 cm³/mol. The smallest absolute Gasteiger partial charge is 0.286 e. The SMILES string of the molecule is NC(=O)C1CCC(C(=O)Nc2cc(F)c(=O)n(CCF)c2)S1. The number of thioether (sulfide) groups is 1. The summed E-state index contributed by atoms with van der Waals surface area (Å²) in [4.78, 5) is 34.6. The van der Waals surface area contributed by atoms with Crippen LogP contribution in [0, 0.1) is 5.82 Å². The van der Waals surface area contributed by atoms with Gasteiger partial charge in [0.1, 0.15) is 6.67 Å². The molecule has 1 fully saturated rings. The summed E-state index contributed by atoms with van der Waals surface area (Å²) in [5.41, 5.74) is 4.31. The van der Waals surface area contributed by atoms with E-state index in [4.69, 9.17) is 5.73 Å². The van der Waals surface area contributed by atoms with Gasteiger partial charge in [0.2, 0.25) is 11.8 Å². The monoisotopic (exact) mass is 331 g/mol. The van der Waals surface area contributed by atoms with Crippen molar-refractivity contribution in [2.75, 3.05) is 12.0 Å². The third-order valence-corrected chi connectivity index (χ3v) is 4.84. The molecule has 0 aromatic carbocycles. The van der Waals surface area contributed by atoms with Gasteiger partial charge in [-0.15, -0.1) is 11.8 Å². The lowest BCUT2D eigenvalue weighted by Crippen LogP contribution is -2.28. The van der Waals surface area contributed by atoms with E-state index in [0.29, 0.717) is 12.8 Å². The van der Waals surface area contributed by atoms with Crippen LogP contribution in [0.3, 0.4) is 0 Å². The highest BCUT2D eigenvalue weighted by Crippen LogP contribution is 2.34. The molecular weight excluding hydrogens is 316 g/mol. The van der Waals surface area contributed by atoms with Crippen molar-refractivity contribution in [2.45, 2.75) is 29.9 Å². The number of amides is 2. The van der Waals surface area contributed by atoms with Crippen molar-refractivity contribution in [3.8, 4) is 0 Å². The molecule has 2 rings (SSSR count). The lowest BCUT2D eigenvalue weighted by molar-refractivity contribution is -0.118. The molecule has 0 radical (unpaired) electrons. The molecule has 2 unspecified atom stereocenters. The molecule has 1 saturated heterocycles. The number of nitrogens with two attached hydrogens (primary N) is 1. The lowest BCUT2D eigenvalue weighted by Gasteiger charge is -2.12. The molecule has 6 nitrogen and oxygen atoms in total. The molecule has 120 valence electrons. The number of carbonyl (C=O) groups is 2. The van der Waals surface area contributed by atoms with Crippen molar-refractivity contribution in [1.82, 2.24) is 4.57 Å². The van der Waals surface area contributed by atoms with E-state index in [0.717, 1.165) is 22.4 Å². The van der Waals surface area contributed by atoms with Gasteiger partial charge in [0.05, 0.1) is 22.7 Å². The Hall–Kier alpha value is -1.90. The summed E-state index contributed by atoms with van der Waals surface area (Å²) in [6.45, 7) is -1.11. The fourth-order valence-corrected chi connectivity index (χ4v) is 3.44. The second-order valence-corrected chi connectivity index (χ2v) is 6.26. The number of halogens is 2. The first-order valence-corrected chi connectivity index (χ1v) is 7.58. The summed E-state index contributed by atoms with van der Waals surface area (Å²) in [5.74, 6) is -1.94. The predicted octanol–water partition coefficient (Wildman–Crippen LogP) is 0.645. The first-order chi connectivity index (χ1) is 10.4. The first-order valence-electron chi connectivity index (χ1n) is 6.64. The van der Waals surface area contributed by atoms with Crippen LogP contribution >= 0.6 is 11.8 Å². The average Bonchev–Trinajstić information content (AvgIpc) is 2.94. The normalized spacial score (nSPS) is 20.8. The van der Waals surface area contributed by atoms with E-state index in [-0.39, 0.29) is 12.2 Å². The Balaban J connectivity index is 2.09. The number of nitrogens with zero attached hydrogens (tertiary/aromatic N) is 1. The maximum absolute atomic E-state index is 13.5. The van der Waals surface area contributed by atoms with Crippen LogP contribution < -0.4 is 16.6 Å². The van der Waals surface area contributed by atoms with E-state index in [1.54, 1.807) is 0 Å². The van der Waals surface area contributed by atoms with Gasteiger partial charge in [-0.25, -0.2) is 8.78 Å². The fourth-order valence-electron chi connectivity index (χ4n) is 2.19. The van der Waals surface area contributed by atoms with E-state index in [9.17, 15) is 23.2 Å². The van der Waals surface area contributed by atoms with Crippen molar-refractivity contribution in [2.24, 2.45) is 5.73 Å². The van der Waals surface area contributed by atoms with Gasteiger partial charge in [-0.2, -0.15) is 0 Å². The highest BCUT2D eigenvalue weighted by molar-refractivity contribution is 8.02. The molecule has 1 aromatic heterocycles. The summed E-state index contributed by atoms with van der Waals surface area (Å²) in [6.07, 6.45) is 2.18. The highest BCUT2D eigenvalue weighted by Gasteiger charge is 2.33. The first kappa shape index (κ1) is 16.5. The Morgan fingerprint density at radius 3 is 2.68 bits per heavy atom. The zero-order valence-electron chi connectivity index (χ0n) is 11.6. The largest absolute Gasteiger partial charge is 0.369 e. The molecule has 1 aromatic rings. The summed E-state index contributed by atoms with van der Waals surface area (Å²) in [7, 11) is 0. The van der Waals surface area contributed by atoms with Crippen molar-refractivity contribution < 1.29 is 18.4 Å². The Morgan fingerprint density at radius 2 is 2.09 bits per heavy atom. The number of rotatable bonds is 5. The number of hydrogen-bond donors (Lipinski definition) is 2. The quantitative estimate of drug-likeness (QED) is 0.828. The van der Waals surface area contributed by atoms with Gasteiger partial charge in [0, 0.05) is 12.3 Å². The minimum atomic E-state index is -1.07. The molecule has 0 aliphatic carbocycles. The average molecular weight is 331 g/mol. The van der Waals surface area contributed by atoms with Gasteiger partial charge in [-0.1, -0.05) is 0 Å². The van der Waals surface area contributed by atoms with Gasteiger partial charge in [0.25, 0.3) is 5.56 Å². The molecule has 0 bridgehead atoms. The molecule has 3 N–H and O–H groups in total. The number of hydrogen-bond acceptors (Lipinski definition) is 4. The molecule has 2 amide bonds. The zero-order chi connectivity index (χ0) is 16.3. The summed E-state index contributed by atoms with van der Waals surface area (Å²) < 4.78 is 26.7. The van der Waals surface area contributed by atoms with Gasteiger partial charge in [0.15, 0.2) is 5.82 Å².